The highest BCUT2D eigenvalue weighted by Crippen LogP contribution is 2.39. The molecule has 2 aromatic rings. The van der Waals surface area contributed by atoms with Crippen molar-refractivity contribution in [1.82, 2.24) is 0 Å². The van der Waals surface area contributed by atoms with Crippen LogP contribution in [0.1, 0.15) is 16.9 Å². The number of rotatable bonds is 3. The first-order chi connectivity index (χ1) is 8.02. The van der Waals surface area contributed by atoms with Crippen molar-refractivity contribution >= 4 is 21.4 Å². The fraction of sp³-hybridized carbons (Fsp3) is 0.333. The van der Waals surface area contributed by atoms with Gasteiger partial charge in [0.15, 0.2) is 0 Å². The highest BCUT2D eigenvalue weighted by atomic mass is 32.1. The quantitative estimate of drug-likeness (QED) is 0.891. The van der Waals surface area contributed by atoms with Crippen LogP contribution in [0.25, 0.3) is 10.1 Å². The summed E-state index contributed by atoms with van der Waals surface area (Å²) in [5.74, 6) is 0. The lowest BCUT2D eigenvalue weighted by Crippen LogP contribution is -2.00. The zero-order valence-electron chi connectivity index (χ0n) is 9.05. The molecule has 92 valence electrons. The predicted molar refractivity (Wildman–Crippen MR) is 64.2 cm³/mol. The molecule has 1 aromatic heterocycles. The van der Waals surface area contributed by atoms with E-state index in [-0.39, 0.29) is 0 Å². The van der Waals surface area contributed by atoms with Crippen molar-refractivity contribution in [2.24, 2.45) is 5.73 Å². The minimum atomic E-state index is -4.26. The monoisotopic (exact) mass is 259 g/mol. The number of alkyl halides is 3. The van der Waals surface area contributed by atoms with Gasteiger partial charge in [0.25, 0.3) is 0 Å². The van der Waals surface area contributed by atoms with Crippen molar-refractivity contribution in [3.8, 4) is 0 Å². The molecule has 17 heavy (non-hydrogen) atoms. The smallest absolute Gasteiger partial charge is 0.330 e. The third kappa shape index (κ3) is 2.61. The lowest BCUT2D eigenvalue weighted by Gasteiger charge is -2.01. The first-order valence-electron chi connectivity index (χ1n) is 5.31. The second kappa shape index (κ2) is 4.66. The van der Waals surface area contributed by atoms with Gasteiger partial charge in [-0.25, -0.2) is 0 Å². The van der Waals surface area contributed by atoms with Gasteiger partial charge in [0.1, 0.15) is 4.88 Å². The number of benzene rings is 1. The van der Waals surface area contributed by atoms with Crippen molar-refractivity contribution in [2.75, 3.05) is 6.54 Å². The van der Waals surface area contributed by atoms with Crippen LogP contribution in [0.2, 0.25) is 0 Å². The molecular formula is C12H12F3NS. The fourth-order valence-corrected chi connectivity index (χ4v) is 2.82. The largest absolute Gasteiger partial charge is 0.425 e. The zero-order valence-corrected chi connectivity index (χ0v) is 9.87. The van der Waals surface area contributed by atoms with Gasteiger partial charge in [0, 0.05) is 4.70 Å². The molecule has 0 spiro atoms. The Morgan fingerprint density at radius 2 is 2.00 bits per heavy atom. The van der Waals surface area contributed by atoms with Crippen LogP contribution in [0.4, 0.5) is 13.2 Å². The van der Waals surface area contributed by atoms with E-state index < -0.39 is 11.1 Å². The molecule has 1 heterocycles. The molecule has 0 amide bonds. The summed E-state index contributed by atoms with van der Waals surface area (Å²) in [6.45, 7) is 0.549. The number of fused-ring (bicyclic) bond motifs is 1. The first kappa shape index (κ1) is 12.4. The molecule has 5 heteroatoms. The summed E-state index contributed by atoms with van der Waals surface area (Å²) in [6.07, 6.45) is -2.74. The Kier molecular flexibility index (Phi) is 3.40. The normalized spacial score (nSPS) is 12.2. The number of hydrogen-bond acceptors (Lipinski definition) is 2. The summed E-state index contributed by atoms with van der Waals surface area (Å²) < 4.78 is 38.5. The van der Waals surface area contributed by atoms with E-state index in [0.29, 0.717) is 11.9 Å². The number of hydrogen-bond donors (Lipinski definition) is 1. The standard InChI is InChI=1S/C12H12F3NS/c13-12(14,15)10-7-9-4-1-3-8(5-2-6-16)11(9)17-10/h1,3-4,7H,2,5-6,16H2. The highest BCUT2D eigenvalue weighted by Gasteiger charge is 2.32. The van der Waals surface area contributed by atoms with Crippen LogP contribution >= 0.6 is 11.3 Å². The van der Waals surface area contributed by atoms with E-state index in [1.54, 1.807) is 12.1 Å². The predicted octanol–water partition coefficient (Wildman–Crippen LogP) is 3.81. The molecule has 0 aliphatic heterocycles. The fourth-order valence-electron chi connectivity index (χ4n) is 1.75. The van der Waals surface area contributed by atoms with Gasteiger partial charge in [0.2, 0.25) is 0 Å². The van der Waals surface area contributed by atoms with Crippen molar-refractivity contribution in [1.29, 1.82) is 0 Å². The maximum absolute atomic E-state index is 12.6. The molecule has 0 fully saturated rings. The summed E-state index contributed by atoms with van der Waals surface area (Å²) in [5.41, 5.74) is 6.37. The van der Waals surface area contributed by atoms with Crippen molar-refractivity contribution in [3.63, 3.8) is 0 Å². The molecule has 0 bridgehead atoms. The lowest BCUT2D eigenvalue weighted by atomic mass is 10.1. The molecule has 0 unspecified atom stereocenters. The number of thiophene rings is 1. The van der Waals surface area contributed by atoms with Crippen LogP contribution < -0.4 is 5.73 Å². The first-order valence-corrected chi connectivity index (χ1v) is 6.12. The zero-order chi connectivity index (χ0) is 12.5. The summed E-state index contributed by atoms with van der Waals surface area (Å²) in [4.78, 5) is -0.535. The van der Waals surface area contributed by atoms with Gasteiger partial charge >= 0.3 is 6.18 Å². The number of halogens is 3. The van der Waals surface area contributed by atoms with Gasteiger partial charge in [0.05, 0.1) is 0 Å². The van der Waals surface area contributed by atoms with Crippen LogP contribution in [-0.2, 0) is 12.6 Å². The molecule has 1 nitrogen and oxygen atoms in total. The highest BCUT2D eigenvalue weighted by molar-refractivity contribution is 7.19. The third-order valence-electron chi connectivity index (χ3n) is 2.56. The molecule has 0 aliphatic carbocycles. The Balaban J connectivity index is 2.45. The molecular weight excluding hydrogens is 247 g/mol. The van der Waals surface area contributed by atoms with E-state index in [9.17, 15) is 13.2 Å². The Bertz CT molecular complexity index is 516. The van der Waals surface area contributed by atoms with Gasteiger partial charge in [-0.3, -0.25) is 0 Å². The van der Waals surface area contributed by atoms with Crippen LogP contribution in [0.15, 0.2) is 24.3 Å². The molecule has 0 saturated heterocycles. The van der Waals surface area contributed by atoms with E-state index in [2.05, 4.69) is 0 Å². The second-order valence-electron chi connectivity index (χ2n) is 3.84. The van der Waals surface area contributed by atoms with Gasteiger partial charge < -0.3 is 5.73 Å². The van der Waals surface area contributed by atoms with E-state index in [1.165, 1.54) is 6.07 Å². The number of aryl methyl sites for hydroxylation is 1. The molecule has 0 radical (unpaired) electrons. The van der Waals surface area contributed by atoms with Crippen LogP contribution in [-0.4, -0.2) is 6.54 Å². The molecule has 0 atom stereocenters. The number of nitrogens with two attached hydrogens (primary N) is 1. The average molecular weight is 259 g/mol. The Morgan fingerprint density at radius 3 is 2.65 bits per heavy atom. The van der Waals surface area contributed by atoms with E-state index in [1.807, 2.05) is 6.07 Å². The van der Waals surface area contributed by atoms with Gasteiger partial charge in [-0.1, -0.05) is 18.2 Å². The van der Waals surface area contributed by atoms with Crippen LogP contribution in [0.5, 0.6) is 0 Å². The SMILES string of the molecule is NCCCc1cccc2cc(C(F)(F)F)sc12. The van der Waals surface area contributed by atoms with E-state index in [4.69, 9.17) is 5.73 Å². The Labute approximate surface area is 101 Å². The van der Waals surface area contributed by atoms with E-state index >= 15 is 0 Å². The van der Waals surface area contributed by atoms with Crippen molar-refractivity contribution in [3.05, 3.63) is 34.7 Å². The Hall–Kier alpha value is -1.07. The van der Waals surface area contributed by atoms with E-state index in [0.717, 1.165) is 34.4 Å². The summed E-state index contributed by atoms with van der Waals surface area (Å²) in [7, 11) is 0. The maximum atomic E-state index is 12.6. The average Bonchev–Trinajstić information content (AvgIpc) is 2.70. The van der Waals surface area contributed by atoms with Gasteiger partial charge in [-0.15, -0.1) is 11.3 Å². The van der Waals surface area contributed by atoms with Crippen LogP contribution in [0, 0.1) is 0 Å². The lowest BCUT2D eigenvalue weighted by molar-refractivity contribution is -0.134. The van der Waals surface area contributed by atoms with Gasteiger partial charge in [-0.2, -0.15) is 13.2 Å². The summed E-state index contributed by atoms with van der Waals surface area (Å²) in [5, 5.41) is 0.664. The molecule has 2 N–H and O–H groups in total. The second-order valence-corrected chi connectivity index (χ2v) is 4.89. The topological polar surface area (TPSA) is 26.0 Å². The molecule has 2 rings (SSSR count). The Morgan fingerprint density at radius 1 is 1.24 bits per heavy atom. The minimum absolute atomic E-state index is 0.535. The van der Waals surface area contributed by atoms with Crippen molar-refractivity contribution < 1.29 is 13.2 Å². The molecule has 1 aromatic carbocycles. The molecule has 0 saturated carbocycles. The maximum Gasteiger partial charge on any atom is 0.425 e. The van der Waals surface area contributed by atoms with Crippen LogP contribution in [0.3, 0.4) is 0 Å². The summed E-state index contributed by atoms with van der Waals surface area (Å²) >= 11 is 0.815. The van der Waals surface area contributed by atoms with Crippen molar-refractivity contribution in [2.45, 2.75) is 19.0 Å². The minimum Gasteiger partial charge on any atom is -0.330 e. The third-order valence-corrected chi connectivity index (χ3v) is 3.83. The molecule has 0 aliphatic rings. The van der Waals surface area contributed by atoms with Gasteiger partial charge in [-0.05, 0) is 36.4 Å². The summed E-state index contributed by atoms with van der Waals surface area (Å²) in [6, 6.07) is 6.59.